The summed E-state index contributed by atoms with van der Waals surface area (Å²) in [6.45, 7) is 2.30. The summed E-state index contributed by atoms with van der Waals surface area (Å²) >= 11 is 0. The predicted molar refractivity (Wildman–Crippen MR) is 103 cm³/mol. The number of benzene rings is 2. The molecule has 0 nitrogen and oxygen atoms in total. The molecule has 1 unspecified atom stereocenters. The Morgan fingerprint density at radius 2 is 1.52 bits per heavy atom. The molecule has 2 aromatic rings. The van der Waals surface area contributed by atoms with Crippen LogP contribution < -0.4 is 0 Å². The first-order chi connectivity index (χ1) is 13.0. The van der Waals surface area contributed by atoms with Gasteiger partial charge in [0.25, 0.3) is 0 Å². The Morgan fingerprint density at radius 3 is 2.22 bits per heavy atom. The number of fused-ring (bicyclic) bond motifs is 1. The van der Waals surface area contributed by atoms with Crippen molar-refractivity contribution < 1.29 is 13.2 Å². The Morgan fingerprint density at radius 1 is 0.815 bits per heavy atom. The summed E-state index contributed by atoms with van der Waals surface area (Å²) in [4.78, 5) is 0. The molecule has 3 heteroatoms. The second-order valence-corrected chi connectivity index (χ2v) is 8.51. The molecule has 0 heterocycles. The molecule has 2 aliphatic carbocycles. The van der Waals surface area contributed by atoms with Crippen molar-refractivity contribution in [3.8, 4) is 11.1 Å². The van der Waals surface area contributed by atoms with Crippen molar-refractivity contribution in [3.63, 3.8) is 0 Å². The molecule has 0 aliphatic heterocycles. The lowest BCUT2D eigenvalue weighted by Gasteiger charge is -2.42. The summed E-state index contributed by atoms with van der Waals surface area (Å²) in [7, 11) is 0. The van der Waals surface area contributed by atoms with Crippen molar-refractivity contribution in [1.29, 1.82) is 0 Å². The van der Waals surface area contributed by atoms with Crippen LogP contribution in [0.15, 0.2) is 36.4 Å². The fourth-order valence-corrected chi connectivity index (χ4v) is 5.39. The molecule has 0 N–H and O–H groups in total. The third-order valence-corrected chi connectivity index (χ3v) is 6.94. The van der Waals surface area contributed by atoms with E-state index in [2.05, 4.69) is 6.92 Å². The van der Waals surface area contributed by atoms with E-state index in [0.29, 0.717) is 5.92 Å². The standard InChI is InChI=1S/C24H27F3/c1-2-15-3-4-17-10-18(6-5-16(17)9-15)19-7-8-23(24(27)13-19)20-11-21(25)14-22(26)12-20/h7-8,11-18H,2-6,9-10H2,1H3/t15?,16-,17-,18-/m1/s1. The van der Waals surface area contributed by atoms with Gasteiger partial charge in [0.05, 0.1) is 0 Å². The van der Waals surface area contributed by atoms with Crippen LogP contribution in [0.3, 0.4) is 0 Å². The lowest BCUT2D eigenvalue weighted by Crippen LogP contribution is -2.30. The molecule has 4 atom stereocenters. The second kappa shape index (κ2) is 7.69. The predicted octanol–water partition coefficient (Wildman–Crippen LogP) is 7.48. The van der Waals surface area contributed by atoms with Crippen molar-refractivity contribution in [2.24, 2.45) is 17.8 Å². The van der Waals surface area contributed by atoms with E-state index in [-0.39, 0.29) is 11.1 Å². The summed E-state index contributed by atoms with van der Waals surface area (Å²) < 4.78 is 41.7. The Balaban J connectivity index is 1.51. The van der Waals surface area contributed by atoms with Gasteiger partial charge >= 0.3 is 0 Å². The maximum absolute atomic E-state index is 14.7. The first-order valence-corrected chi connectivity index (χ1v) is 10.3. The molecule has 2 aromatic carbocycles. The van der Waals surface area contributed by atoms with Crippen molar-refractivity contribution in [1.82, 2.24) is 0 Å². The zero-order valence-electron chi connectivity index (χ0n) is 15.9. The highest BCUT2D eigenvalue weighted by Gasteiger charge is 2.35. The molecule has 2 aliphatic rings. The summed E-state index contributed by atoms with van der Waals surface area (Å²) in [5.74, 6) is 1.15. The van der Waals surface area contributed by atoms with Crippen molar-refractivity contribution in [2.75, 3.05) is 0 Å². The van der Waals surface area contributed by atoms with Crippen LogP contribution in [0.2, 0.25) is 0 Å². The normalized spacial score (nSPS) is 28.0. The molecule has 0 bridgehead atoms. The zero-order valence-corrected chi connectivity index (χ0v) is 15.9. The highest BCUT2D eigenvalue weighted by molar-refractivity contribution is 5.64. The van der Waals surface area contributed by atoms with Crippen molar-refractivity contribution in [3.05, 3.63) is 59.4 Å². The van der Waals surface area contributed by atoms with Crippen LogP contribution in [0.25, 0.3) is 11.1 Å². The van der Waals surface area contributed by atoms with Gasteiger partial charge in [-0.2, -0.15) is 0 Å². The van der Waals surface area contributed by atoms with Crippen molar-refractivity contribution in [2.45, 2.75) is 57.8 Å². The van der Waals surface area contributed by atoms with E-state index in [1.807, 2.05) is 6.07 Å². The van der Waals surface area contributed by atoms with Gasteiger partial charge in [-0.3, -0.25) is 0 Å². The third kappa shape index (κ3) is 3.93. The Kier molecular flexibility index (Phi) is 5.29. The van der Waals surface area contributed by atoms with Crippen LogP contribution in [0.1, 0.15) is 63.4 Å². The zero-order chi connectivity index (χ0) is 19.0. The fraction of sp³-hybridized carbons (Fsp3) is 0.500. The summed E-state index contributed by atoms with van der Waals surface area (Å²) in [5.41, 5.74) is 1.54. The number of hydrogen-bond acceptors (Lipinski definition) is 0. The van der Waals surface area contributed by atoms with Gasteiger partial charge < -0.3 is 0 Å². The third-order valence-electron chi connectivity index (χ3n) is 6.94. The molecular formula is C24H27F3. The summed E-state index contributed by atoms with van der Waals surface area (Å²) in [6, 6.07) is 8.38. The number of rotatable bonds is 3. The molecule has 0 radical (unpaired) electrons. The largest absolute Gasteiger partial charge is 0.207 e. The molecule has 0 spiro atoms. The van der Waals surface area contributed by atoms with Crippen LogP contribution in [0, 0.1) is 35.2 Å². The summed E-state index contributed by atoms with van der Waals surface area (Å²) in [5, 5.41) is 0. The van der Waals surface area contributed by atoms with E-state index < -0.39 is 17.5 Å². The van der Waals surface area contributed by atoms with Crippen LogP contribution >= 0.6 is 0 Å². The molecule has 0 amide bonds. The van der Waals surface area contributed by atoms with Gasteiger partial charge in [-0.05, 0) is 85.1 Å². The van der Waals surface area contributed by atoms with Crippen LogP contribution in [-0.2, 0) is 0 Å². The van der Waals surface area contributed by atoms with E-state index >= 15 is 0 Å². The number of hydrogen-bond donors (Lipinski definition) is 0. The fourth-order valence-electron chi connectivity index (χ4n) is 5.39. The lowest BCUT2D eigenvalue weighted by atomic mass is 9.63. The number of halogens is 3. The van der Waals surface area contributed by atoms with Crippen molar-refractivity contribution >= 4 is 0 Å². The average Bonchev–Trinajstić information content (AvgIpc) is 2.66. The minimum Gasteiger partial charge on any atom is -0.207 e. The van der Waals surface area contributed by atoms with Gasteiger partial charge in [0, 0.05) is 11.6 Å². The topological polar surface area (TPSA) is 0 Å². The smallest absolute Gasteiger partial charge is 0.131 e. The maximum Gasteiger partial charge on any atom is 0.131 e. The van der Waals surface area contributed by atoms with Gasteiger partial charge in [0.1, 0.15) is 17.5 Å². The first-order valence-electron chi connectivity index (χ1n) is 10.3. The molecule has 2 saturated carbocycles. The van der Waals surface area contributed by atoms with Crippen LogP contribution in [-0.4, -0.2) is 0 Å². The van der Waals surface area contributed by atoms with Gasteiger partial charge in [-0.15, -0.1) is 0 Å². The van der Waals surface area contributed by atoms with E-state index in [0.717, 1.165) is 42.2 Å². The minimum absolute atomic E-state index is 0.248. The average molecular weight is 372 g/mol. The van der Waals surface area contributed by atoms with E-state index in [1.54, 1.807) is 12.1 Å². The van der Waals surface area contributed by atoms with Gasteiger partial charge in [-0.1, -0.05) is 31.9 Å². The SMILES string of the molecule is CCC1CC[C@@H]2C[C@H](c3ccc(-c4cc(F)cc(F)c4)c(F)c3)CC[C@@H]2C1. The summed E-state index contributed by atoms with van der Waals surface area (Å²) in [6.07, 6.45) is 8.81. The monoisotopic (exact) mass is 372 g/mol. The molecule has 2 fully saturated rings. The molecule has 144 valence electrons. The Labute approximate surface area is 159 Å². The molecule has 4 rings (SSSR count). The van der Waals surface area contributed by atoms with Gasteiger partial charge in [-0.25, -0.2) is 13.2 Å². The van der Waals surface area contributed by atoms with E-state index in [1.165, 1.54) is 44.2 Å². The van der Waals surface area contributed by atoms with E-state index in [9.17, 15) is 13.2 Å². The van der Waals surface area contributed by atoms with Crippen LogP contribution in [0.4, 0.5) is 13.2 Å². The quantitative estimate of drug-likeness (QED) is 0.524. The molecule has 0 aromatic heterocycles. The minimum atomic E-state index is -0.686. The Hall–Kier alpha value is -1.77. The molecule has 0 saturated heterocycles. The molecule has 27 heavy (non-hydrogen) atoms. The maximum atomic E-state index is 14.7. The Bertz CT molecular complexity index is 793. The van der Waals surface area contributed by atoms with Gasteiger partial charge in [0.15, 0.2) is 0 Å². The first kappa shape index (κ1) is 18.6. The van der Waals surface area contributed by atoms with Gasteiger partial charge in [0.2, 0.25) is 0 Å². The molecular weight excluding hydrogens is 345 g/mol. The second-order valence-electron chi connectivity index (χ2n) is 8.51. The van der Waals surface area contributed by atoms with E-state index in [4.69, 9.17) is 0 Å². The highest BCUT2D eigenvalue weighted by atomic mass is 19.1. The highest BCUT2D eigenvalue weighted by Crippen LogP contribution is 2.48. The lowest BCUT2D eigenvalue weighted by molar-refractivity contribution is 0.116. The van der Waals surface area contributed by atoms with Crippen LogP contribution in [0.5, 0.6) is 0 Å².